The first-order chi connectivity index (χ1) is 15.9. The quantitative estimate of drug-likeness (QED) is 0.0639. The van der Waals surface area contributed by atoms with Crippen LogP contribution in [0.4, 0.5) is 5.13 Å². The van der Waals surface area contributed by atoms with Gasteiger partial charge in [-0.25, -0.2) is 9.69 Å². The van der Waals surface area contributed by atoms with Crippen molar-refractivity contribution < 1.29 is 14.3 Å². The van der Waals surface area contributed by atoms with Crippen LogP contribution in [0.5, 0.6) is 0 Å². The SMILES string of the molecule is CC=CCCCc1nnc([N+]2([O-])CN(CCCC(Cl)CC)CC2OC(=O)C2CC(I)CO2)s1. The van der Waals surface area contributed by atoms with Crippen LogP contribution in [0.25, 0.3) is 0 Å². The Morgan fingerprint density at radius 2 is 2.30 bits per heavy atom. The van der Waals surface area contributed by atoms with Crippen molar-refractivity contribution in [2.75, 3.05) is 26.4 Å². The van der Waals surface area contributed by atoms with Gasteiger partial charge in [0, 0.05) is 22.3 Å². The minimum atomic E-state index is -0.879. The number of hydrogen-bond donors (Lipinski definition) is 0. The van der Waals surface area contributed by atoms with E-state index in [0.717, 1.165) is 50.1 Å². The molecular weight excluding hydrogens is 579 g/mol. The summed E-state index contributed by atoms with van der Waals surface area (Å²) in [7, 11) is 0. The molecule has 2 aliphatic rings. The molecule has 0 aliphatic carbocycles. The molecule has 2 aliphatic heterocycles. The summed E-state index contributed by atoms with van der Waals surface area (Å²) in [4.78, 5) is 14.8. The Labute approximate surface area is 219 Å². The summed E-state index contributed by atoms with van der Waals surface area (Å²) in [5.74, 6) is -0.456. The van der Waals surface area contributed by atoms with Gasteiger partial charge in [0.05, 0.1) is 13.2 Å². The molecule has 0 saturated carbocycles. The van der Waals surface area contributed by atoms with E-state index in [1.807, 2.05) is 17.9 Å². The van der Waals surface area contributed by atoms with Crippen LogP contribution in [0.15, 0.2) is 12.2 Å². The Bertz CT molecular complexity index is 800. The van der Waals surface area contributed by atoms with Gasteiger partial charge in [0.25, 0.3) is 6.23 Å². The van der Waals surface area contributed by atoms with Gasteiger partial charge in [0.2, 0.25) is 0 Å². The van der Waals surface area contributed by atoms with Crippen LogP contribution in [-0.4, -0.2) is 69.1 Å². The number of aryl methyl sites for hydroxylation is 1. The lowest BCUT2D eigenvalue weighted by Crippen LogP contribution is -2.51. The molecule has 1 aromatic rings. The van der Waals surface area contributed by atoms with Gasteiger partial charge >= 0.3 is 11.1 Å². The lowest BCUT2D eigenvalue weighted by Gasteiger charge is -2.38. The van der Waals surface area contributed by atoms with Crippen LogP contribution in [0.3, 0.4) is 0 Å². The molecule has 0 bridgehead atoms. The summed E-state index contributed by atoms with van der Waals surface area (Å²) in [5.41, 5.74) is 0. The molecular formula is C22H34ClIN4O4S. The molecule has 0 amide bonds. The number of carbonyl (C=O) groups excluding carboxylic acids is 1. The van der Waals surface area contributed by atoms with Crippen molar-refractivity contribution in [2.45, 2.75) is 80.4 Å². The lowest BCUT2D eigenvalue weighted by atomic mass is 10.2. The number of quaternary nitrogens is 1. The van der Waals surface area contributed by atoms with E-state index in [1.54, 1.807) is 0 Å². The molecule has 0 N–H and O–H groups in total. The zero-order valence-electron chi connectivity index (χ0n) is 19.3. The molecule has 5 unspecified atom stereocenters. The van der Waals surface area contributed by atoms with Crippen molar-refractivity contribution in [1.82, 2.24) is 19.7 Å². The first-order valence-electron chi connectivity index (χ1n) is 11.7. The van der Waals surface area contributed by atoms with Crippen molar-refractivity contribution >= 4 is 56.6 Å². The molecule has 11 heteroatoms. The number of nitrogens with zero attached hydrogens (tertiary/aromatic N) is 4. The van der Waals surface area contributed by atoms with Crippen molar-refractivity contribution in [3.05, 3.63) is 22.4 Å². The molecule has 2 fully saturated rings. The maximum absolute atomic E-state index is 14.0. The van der Waals surface area contributed by atoms with Gasteiger partial charge in [-0.1, -0.05) is 46.8 Å². The Morgan fingerprint density at radius 1 is 1.48 bits per heavy atom. The van der Waals surface area contributed by atoms with E-state index in [1.165, 1.54) is 11.3 Å². The van der Waals surface area contributed by atoms with Gasteiger partial charge in [-0.3, -0.25) is 4.65 Å². The third kappa shape index (κ3) is 7.55. The number of halogens is 2. The van der Waals surface area contributed by atoms with Crippen LogP contribution >= 0.6 is 45.5 Å². The Kier molecular flexibility index (Phi) is 10.8. The van der Waals surface area contributed by atoms with Crippen molar-refractivity contribution in [3.63, 3.8) is 0 Å². The van der Waals surface area contributed by atoms with E-state index in [9.17, 15) is 10.0 Å². The fourth-order valence-electron chi connectivity index (χ4n) is 4.01. The van der Waals surface area contributed by atoms with E-state index >= 15 is 0 Å². The highest BCUT2D eigenvalue weighted by molar-refractivity contribution is 14.1. The Morgan fingerprint density at radius 3 is 3.00 bits per heavy atom. The lowest BCUT2D eigenvalue weighted by molar-refractivity contribution is -0.164. The number of hydroxylamine groups is 2. The van der Waals surface area contributed by atoms with Crippen molar-refractivity contribution in [2.24, 2.45) is 0 Å². The fraction of sp³-hybridized carbons (Fsp3) is 0.773. The molecule has 3 rings (SSSR count). The summed E-state index contributed by atoms with van der Waals surface area (Å²) in [6, 6.07) is 0. The molecule has 0 aromatic carbocycles. The van der Waals surface area contributed by atoms with Crippen LogP contribution < -0.4 is 4.65 Å². The van der Waals surface area contributed by atoms with Gasteiger partial charge in [0.15, 0.2) is 6.10 Å². The van der Waals surface area contributed by atoms with Gasteiger partial charge < -0.3 is 14.7 Å². The predicted molar refractivity (Wildman–Crippen MR) is 140 cm³/mol. The number of allylic oxidation sites excluding steroid dienone is 2. The number of alkyl halides is 2. The van der Waals surface area contributed by atoms with Crippen LogP contribution in [0.2, 0.25) is 0 Å². The molecule has 186 valence electrons. The number of carbonyl (C=O) groups is 1. The van der Waals surface area contributed by atoms with Crippen LogP contribution in [-0.2, 0) is 20.7 Å². The summed E-state index contributed by atoms with van der Waals surface area (Å²) in [6.07, 6.45) is 8.67. The van der Waals surface area contributed by atoms with E-state index < -0.39 is 22.9 Å². The number of unbranched alkanes of at least 4 members (excludes halogenated alkanes) is 1. The summed E-state index contributed by atoms with van der Waals surface area (Å²) < 4.78 is 10.8. The normalized spacial score (nSPS) is 29.2. The molecule has 0 radical (unpaired) electrons. The smallest absolute Gasteiger partial charge is 0.339 e. The van der Waals surface area contributed by atoms with Crippen molar-refractivity contribution in [1.29, 1.82) is 0 Å². The monoisotopic (exact) mass is 612 g/mol. The highest BCUT2D eigenvalue weighted by atomic mass is 127. The molecule has 3 heterocycles. The molecule has 8 nitrogen and oxygen atoms in total. The van der Waals surface area contributed by atoms with E-state index in [4.69, 9.17) is 21.1 Å². The topological polar surface area (TPSA) is 87.6 Å². The molecule has 0 spiro atoms. The van der Waals surface area contributed by atoms with Gasteiger partial charge in [-0.05, 0) is 56.8 Å². The maximum atomic E-state index is 14.0. The molecule has 2 saturated heterocycles. The summed E-state index contributed by atoms with van der Waals surface area (Å²) in [5, 5.41) is 23.9. The average Bonchev–Trinajstić information content (AvgIpc) is 3.51. The minimum Gasteiger partial charge on any atom is -0.622 e. The molecule has 5 atom stereocenters. The highest BCUT2D eigenvalue weighted by Gasteiger charge is 2.47. The first kappa shape index (κ1) is 27.2. The standard InChI is InChI=1S/C22H34ClIN4O4S/c1-3-5-6-7-10-19-25-26-22(33-19)28(30)15-27(11-8-9-16(23)4-2)13-20(28)32-21(29)18-12-17(24)14-31-18/h3,5,16-18,20H,4,6-15H2,1-2H3. The zero-order valence-corrected chi connectivity index (χ0v) is 23.1. The third-order valence-corrected chi connectivity index (χ3v) is 8.45. The maximum Gasteiger partial charge on any atom is 0.339 e. The first-order valence-corrected chi connectivity index (χ1v) is 14.2. The minimum absolute atomic E-state index is 0.140. The Hall–Kier alpha value is -0.370. The van der Waals surface area contributed by atoms with Gasteiger partial charge in [-0.2, -0.15) is 0 Å². The molecule has 33 heavy (non-hydrogen) atoms. The number of esters is 1. The number of rotatable bonds is 12. The predicted octanol–water partition coefficient (Wildman–Crippen LogP) is 4.77. The van der Waals surface area contributed by atoms with Crippen molar-refractivity contribution in [3.8, 4) is 0 Å². The Balaban J connectivity index is 1.68. The highest BCUT2D eigenvalue weighted by Crippen LogP contribution is 2.35. The second-order valence-electron chi connectivity index (χ2n) is 8.65. The number of hydrogen-bond acceptors (Lipinski definition) is 8. The van der Waals surface area contributed by atoms with E-state index in [2.05, 4.69) is 45.8 Å². The fourth-order valence-corrected chi connectivity index (χ4v) is 5.78. The molecule has 1 aromatic heterocycles. The van der Waals surface area contributed by atoms with E-state index in [-0.39, 0.29) is 16.0 Å². The van der Waals surface area contributed by atoms with Gasteiger partial charge in [0.1, 0.15) is 11.7 Å². The second-order valence-corrected chi connectivity index (χ2v) is 12.1. The van der Waals surface area contributed by atoms with Crippen LogP contribution in [0.1, 0.15) is 57.4 Å². The largest absolute Gasteiger partial charge is 0.622 e. The second kappa shape index (κ2) is 13.1. The summed E-state index contributed by atoms with van der Waals surface area (Å²) >= 11 is 9.86. The average molecular weight is 613 g/mol. The van der Waals surface area contributed by atoms with Gasteiger partial charge in [-0.15, -0.1) is 16.7 Å². The van der Waals surface area contributed by atoms with Crippen LogP contribution in [0, 0.1) is 5.21 Å². The third-order valence-electron chi connectivity index (χ3n) is 5.96. The van der Waals surface area contributed by atoms with E-state index in [0.29, 0.717) is 24.7 Å². The number of aromatic nitrogens is 2. The summed E-state index contributed by atoms with van der Waals surface area (Å²) in [6.45, 7) is 5.87. The number of ether oxygens (including phenoxy) is 2. The zero-order chi connectivity index (χ0) is 23.8.